The monoisotopic (exact) mass is 376 g/mol. The van der Waals surface area contributed by atoms with Crippen LogP contribution in [0.25, 0.3) is 15.9 Å². The molecule has 1 unspecified atom stereocenters. The summed E-state index contributed by atoms with van der Waals surface area (Å²) in [6.07, 6.45) is 1.65. The second-order valence-corrected chi connectivity index (χ2v) is 7.57. The van der Waals surface area contributed by atoms with Crippen molar-refractivity contribution in [2.24, 2.45) is 0 Å². The number of hydrogen-bond acceptors (Lipinski definition) is 4. The molecule has 0 aliphatic rings. The largest absolute Gasteiger partial charge is 0.332 e. The molecule has 0 spiro atoms. The molecule has 0 radical (unpaired) electrons. The van der Waals surface area contributed by atoms with Gasteiger partial charge >= 0.3 is 0 Å². The van der Waals surface area contributed by atoms with Crippen LogP contribution in [0.3, 0.4) is 0 Å². The van der Waals surface area contributed by atoms with Crippen LogP contribution in [0.2, 0.25) is 0 Å². The minimum Gasteiger partial charge on any atom is -0.332 e. The van der Waals surface area contributed by atoms with Crippen molar-refractivity contribution in [2.75, 3.05) is 7.05 Å². The fourth-order valence-corrected chi connectivity index (χ4v) is 4.11. The second-order valence-electron chi connectivity index (χ2n) is 6.50. The fourth-order valence-electron chi connectivity index (χ4n) is 3.05. The third-order valence-electron chi connectivity index (χ3n) is 4.81. The first-order chi connectivity index (χ1) is 13.1. The van der Waals surface area contributed by atoms with Gasteiger partial charge in [0, 0.05) is 7.05 Å². The van der Waals surface area contributed by atoms with Crippen LogP contribution in [0.1, 0.15) is 34.0 Å². The van der Waals surface area contributed by atoms with Crippen molar-refractivity contribution in [3.63, 3.8) is 0 Å². The molecule has 2 aromatic carbocycles. The molecule has 27 heavy (non-hydrogen) atoms. The van der Waals surface area contributed by atoms with Gasteiger partial charge in [0.05, 0.1) is 39.4 Å². The highest BCUT2D eigenvalue weighted by atomic mass is 32.1. The van der Waals surface area contributed by atoms with E-state index < -0.39 is 0 Å². The summed E-state index contributed by atoms with van der Waals surface area (Å²) >= 11 is 1.63. The van der Waals surface area contributed by atoms with Gasteiger partial charge in [-0.25, -0.2) is 9.67 Å². The van der Waals surface area contributed by atoms with E-state index in [1.165, 1.54) is 0 Å². The second kappa shape index (κ2) is 6.96. The van der Waals surface area contributed by atoms with Gasteiger partial charge in [0.1, 0.15) is 5.01 Å². The first-order valence-electron chi connectivity index (χ1n) is 8.79. The number of nitrogens with zero attached hydrogens (tertiary/aromatic N) is 4. The predicted molar refractivity (Wildman–Crippen MR) is 108 cm³/mol. The number of rotatable bonds is 4. The number of para-hydroxylation sites is 2. The quantitative estimate of drug-likeness (QED) is 0.522. The van der Waals surface area contributed by atoms with Gasteiger partial charge in [0.15, 0.2) is 0 Å². The van der Waals surface area contributed by atoms with Gasteiger partial charge in [0.25, 0.3) is 5.91 Å². The minimum absolute atomic E-state index is 0.0542. The van der Waals surface area contributed by atoms with Gasteiger partial charge < -0.3 is 4.90 Å². The van der Waals surface area contributed by atoms with Crippen molar-refractivity contribution in [3.8, 4) is 5.69 Å². The highest BCUT2D eigenvalue weighted by molar-refractivity contribution is 7.18. The molecular weight excluding hydrogens is 356 g/mol. The maximum atomic E-state index is 13.1. The number of fused-ring (bicyclic) bond motifs is 1. The normalized spacial score (nSPS) is 12.3. The molecule has 0 N–H and O–H groups in total. The molecule has 0 fully saturated rings. The highest BCUT2D eigenvalue weighted by Gasteiger charge is 2.25. The van der Waals surface area contributed by atoms with E-state index in [-0.39, 0.29) is 11.9 Å². The molecule has 0 aliphatic carbocycles. The van der Waals surface area contributed by atoms with Crippen LogP contribution >= 0.6 is 11.3 Å². The Morgan fingerprint density at radius 3 is 2.56 bits per heavy atom. The van der Waals surface area contributed by atoms with Crippen molar-refractivity contribution in [1.29, 1.82) is 0 Å². The number of hydrogen-bond donors (Lipinski definition) is 0. The molecule has 0 bridgehead atoms. The number of amides is 1. The van der Waals surface area contributed by atoms with E-state index in [0.717, 1.165) is 26.6 Å². The van der Waals surface area contributed by atoms with E-state index in [1.54, 1.807) is 27.1 Å². The Kier molecular flexibility index (Phi) is 4.49. The van der Waals surface area contributed by atoms with E-state index in [2.05, 4.69) is 16.1 Å². The summed E-state index contributed by atoms with van der Waals surface area (Å²) in [6, 6.07) is 17.7. The molecule has 0 saturated heterocycles. The molecule has 2 aromatic heterocycles. The van der Waals surface area contributed by atoms with E-state index in [9.17, 15) is 4.79 Å². The SMILES string of the molecule is Cc1c(C(=O)N(C)C(C)c2nc3ccccc3s2)cnn1-c1ccccc1. The van der Waals surface area contributed by atoms with E-state index >= 15 is 0 Å². The summed E-state index contributed by atoms with van der Waals surface area (Å²) < 4.78 is 2.93. The van der Waals surface area contributed by atoms with Crippen molar-refractivity contribution in [3.05, 3.63) is 77.1 Å². The van der Waals surface area contributed by atoms with Crippen molar-refractivity contribution >= 4 is 27.5 Å². The van der Waals surface area contributed by atoms with Gasteiger partial charge in [-0.05, 0) is 38.1 Å². The van der Waals surface area contributed by atoms with Crippen LogP contribution in [0, 0.1) is 6.92 Å². The van der Waals surface area contributed by atoms with Crippen molar-refractivity contribution < 1.29 is 4.79 Å². The van der Waals surface area contributed by atoms with Gasteiger partial charge in [0.2, 0.25) is 0 Å². The van der Waals surface area contributed by atoms with Crippen LogP contribution in [0.5, 0.6) is 0 Å². The predicted octanol–water partition coefficient (Wildman–Crippen LogP) is 4.62. The zero-order valence-electron chi connectivity index (χ0n) is 15.5. The fraction of sp³-hybridized carbons (Fsp3) is 0.190. The molecule has 4 rings (SSSR count). The summed E-state index contributed by atoms with van der Waals surface area (Å²) in [5.74, 6) is -0.0542. The summed E-state index contributed by atoms with van der Waals surface area (Å²) in [5.41, 5.74) is 3.35. The molecule has 1 amide bonds. The lowest BCUT2D eigenvalue weighted by molar-refractivity contribution is 0.0742. The molecule has 5 nitrogen and oxygen atoms in total. The molecule has 0 aliphatic heterocycles. The van der Waals surface area contributed by atoms with Gasteiger partial charge in [-0.1, -0.05) is 30.3 Å². The third-order valence-corrected chi connectivity index (χ3v) is 6.02. The van der Waals surface area contributed by atoms with E-state index in [0.29, 0.717) is 5.56 Å². The Morgan fingerprint density at radius 2 is 1.81 bits per heavy atom. The number of benzene rings is 2. The summed E-state index contributed by atoms with van der Waals surface area (Å²) in [7, 11) is 1.82. The first-order valence-corrected chi connectivity index (χ1v) is 9.60. The Balaban J connectivity index is 1.61. The lowest BCUT2D eigenvalue weighted by Gasteiger charge is -2.23. The van der Waals surface area contributed by atoms with Crippen LogP contribution in [-0.4, -0.2) is 32.6 Å². The Morgan fingerprint density at radius 1 is 1.11 bits per heavy atom. The molecular formula is C21H20N4OS. The first kappa shape index (κ1) is 17.4. The summed E-state index contributed by atoms with van der Waals surface area (Å²) in [5, 5.41) is 5.34. The number of aromatic nitrogens is 3. The van der Waals surface area contributed by atoms with Crippen LogP contribution in [0.15, 0.2) is 60.8 Å². The van der Waals surface area contributed by atoms with Crippen LogP contribution in [-0.2, 0) is 0 Å². The van der Waals surface area contributed by atoms with Gasteiger partial charge in [-0.15, -0.1) is 11.3 Å². The number of thiazole rings is 1. The zero-order chi connectivity index (χ0) is 19.0. The molecule has 6 heteroatoms. The van der Waals surface area contributed by atoms with E-state index in [1.807, 2.05) is 69.4 Å². The Bertz CT molecular complexity index is 1070. The lowest BCUT2D eigenvalue weighted by Crippen LogP contribution is -2.30. The average Bonchev–Trinajstić information content (AvgIpc) is 3.30. The zero-order valence-corrected chi connectivity index (χ0v) is 16.3. The Labute approximate surface area is 161 Å². The average molecular weight is 376 g/mol. The van der Waals surface area contributed by atoms with Gasteiger partial charge in [-0.3, -0.25) is 4.79 Å². The topological polar surface area (TPSA) is 51.0 Å². The maximum absolute atomic E-state index is 13.1. The highest BCUT2D eigenvalue weighted by Crippen LogP contribution is 2.30. The minimum atomic E-state index is -0.116. The molecule has 136 valence electrons. The smallest absolute Gasteiger partial charge is 0.257 e. The van der Waals surface area contributed by atoms with Gasteiger partial charge in [-0.2, -0.15) is 5.10 Å². The van der Waals surface area contributed by atoms with Crippen LogP contribution in [0.4, 0.5) is 0 Å². The maximum Gasteiger partial charge on any atom is 0.257 e. The standard InChI is InChI=1S/C21H20N4OS/c1-14-17(13-22-25(14)16-9-5-4-6-10-16)21(26)24(3)15(2)20-23-18-11-7-8-12-19(18)27-20/h4-13,15H,1-3H3. The van der Waals surface area contributed by atoms with Crippen molar-refractivity contribution in [1.82, 2.24) is 19.7 Å². The molecule has 4 aromatic rings. The molecule has 1 atom stereocenters. The Hall–Kier alpha value is -2.99. The number of carbonyl (C=O) groups excluding carboxylic acids is 1. The molecule has 2 heterocycles. The third kappa shape index (κ3) is 3.13. The van der Waals surface area contributed by atoms with E-state index in [4.69, 9.17) is 0 Å². The molecule has 0 saturated carbocycles. The van der Waals surface area contributed by atoms with Crippen LogP contribution < -0.4 is 0 Å². The number of carbonyl (C=O) groups is 1. The lowest BCUT2D eigenvalue weighted by atomic mass is 10.2. The summed E-state index contributed by atoms with van der Waals surface area (Å²) in [4.78, 5) is 19.5. The van der Waals surface area contributed by atoms with Crippen molar-refractivity contribution in [2.45, 2.75) is 19.9 Å². The summed E-state index contributed by atoms with van der Waals surface area (Å²) in [6.45, 7) is 3.93.